The van der Waals surface area contributed by atoms with Gasteiger partial charge in [0.15, 0.2) is 5.78 Å². The molecule has 0 N–H and O–H groups in total. The molecule has 1 heterocycles. The Kier molecular flexibility index (Phi) is 4.13. The third-order valence-corrected chi connectivity index (χ3v) is 4.55. The number of allylic oxidation sites excluding steroid dienone is 1. The van der Waals surface area contributed by atoms with Crippen molar-refractivity contribution in [1.29, 1.82) is 0 Å². The fourth-order valence-electron chi connectivity index (χ4n) is 3.30. The summed E-state index contributed by atoms with van der Waals surface area (Å²) in [7, 11) is 0. The second-order valence-corrected chi connectivity index (χ2v) is 6.27. The average molecular weight is 333 g/mol. The Morgan fingerprint density at radius 3 is 2.16 bits per heavy atom. The van der Waals surface area contributed by atoms with Crippen molar-refractivity contribution >= 4 is 34.4 Å². The highest BCUT2D eigenvalue weighted by Gasteiger charge is 2.37. The molecular weight excluding hydrogens is 314 g/mol. The molecule has 0 aromatic heterocycles. The molecule has 2 amide bonds. The van der Waals surface area contributed by atoms with E-state index in [-0.39, 0.29) is 17.6 Å². The maximum absolute atomic E-state index is 13.0. The Bertz CT molecular complexity index is 939. The quantitative estimate of drug-likeness (QED) is 0.616. The number of hydrogen-bond acceptors (Lipinski definition) is 3. The van der Waals surface area contributed by atoms with E-state index in [9.17, 15) is 14.4 Å². The maximum Gasteiger partial charge on any atom is 0.266 e. The molecule has 4 nitrogen and oxygen atoms in total. The number of nitrogens with zero attached hydrogens (tertiary/aromatic N) is 1. The summed E-state index contributed by atoms with van der Waals surface area (Å²) in [4.78, 5) is 38.1. The van der Waals surface area contributed by atoms with E-state index in [0.29, 0.717) is 22.4 Å². The van der Waals surface area contributed by atoms with Crippen molar-refractivity contribution in [1.82, 2.24) is 0 Å². The zero-order valence-electron chi connectivity index (χ0n) is 14.7. The van der Waals surface area contributed by atoms with Crippen LogP contribution in [0, 0.1) is 6.92 Å². The van der Waals surface area contributed by atoms with Crippen molar-refractivity contribution in [2.75, 3.05) is 4.90 Å². The highest BCUT2D eigenvalue weighted by Crippen LogP contribution is 2.42. The van der Waals surface area contributed by atoms with Crippen LogP contribution in [0.25, 0.3) is 11.1 Å². The highest BCUT2D eigenvalue weighted by molar-refractivity contribution is 6.43. The van der Waals surface area contributed by atoms with Crippen molar-refractivity contribution in [3.8, 4) is 0 Å². The Morgan fingerprint density at radius 2 is 1.60 bits per heavy atom. The molecule has 0 atom stereocenters. The van der Waals surface area contributed by atoms with Crippen LogP contribution in [0.3, 0.4) is 0 Å². The monoisotopic (exact) mass is 333 g/mol. The zero-order chi connectivity index (χ0) is 18.3. The molecule has 0 fully saturated rings. The molecule has 0 saturated carbocycles. The number of fused-ring (bicyclic) bond motifs is 1. The third-order valence-electron chi connectivity index (χ3n) is 4.55. The van der Waals surface area contributed by atoms with E-state index in [1.54, 1.807) is 6.07 Å². The molecule has 4 heteroatoms. The van der Waals surface area contributed by atoms with Crippen LogP contribution in [0.4, 0.5) is 5.69 Å². The fraction of sp³-hybridized carbons (Fsp3) is 0.190. The van der Waals surface area contributed by atoms with Crippen LogP contribution in [0.5, 0.6) is 0 Å². The number of benzene rings is 2. The standard InChI is InChI=1S/C21H19NO3/c1-12-10-18-19(11-17(12)14(3)23)22(15(4)24)21(25)20(18)13(2)16-8-6-5-7-9-16/h5-11H,1-4H3/b20-13-. The summed E-state index contributed by atoms with van der Waals surface area (Å²) in [5.41, 5.74) is 4.75. The fourth-order valence-corrected chi connectivity index (χ4v) is 3.30. The Hall–Kier alpha value is -3.01. The van der Waals surface area contributed by atoms with Gasteiger partial charge in [0.2, 0.25) is 5.91 Å². The summed E-state index contributed by atoms with van der Waals surface area (Å²) < 4.78 is 0. The number of anilines is 1. The van der Waals surface area contributed by atoms with Crippen molar-refractivity contribution < 1.29 is 14.4 Å². The summed E-state index contributed by atoms with van der Waals surface area (Å²) in [5.74, 6) is -0.794. The lowest BCUT2D eigenvalue weighted by atomic mass is 9.93. The SMILES string of the molecule is CC(=O)c1cc2c(cc1C)/C(=C(\C)c1ccccc1)C(=O)N2C(C)=O. The number of amides is 2. The first-order chi connectivity index (χ1) is 11.8. The minimum Gasteiger partial charge on any atom is -0.294 e. The number of carbonyl (C=O) groups is 3. The van der Waals surface area contributed by atoms with Crippen molar-refractivity contribution in [3.05, 3.63) is 64.7 Å². The first kappa shape index (κ1) is 16.8. The molecule has 0 spiro atoms. The van der Waals surface area contributed by atoms with Crippen LogP contribution in [0.15, 0.2) is 42.5 Å². The van der Waals surface area contributed by atoms with Gasteiger partial charge in [-0.2, -0.15) is 0 Å². The molecule has 2 aromatic rings. The van der Waals surface area contributed by atoms with Crippen LogP contribution in [0.2, 0.25) is 0 Å². The lowest BCUT2D eigenvalue weighted by Crippen LogP contribution is -2.31. The molecule has 0 saturated heterocycles. The molecule has 0 bridgehead atoms. The lowest BCUT2D eigenvalue weighted by Gasteiger charge is -2.13. The van der Waals surface area contributed by atoms with Crippen LogP contribution >= 0.6 is 0 Å². The lowest BCUT2D eigenvalue weighted by molar-refractivity contribution is -0.122. The second kappa shape index (κ2) is 6.13. The maximum atomic E-state index is 13.0. The van der Waals surface area contributed by atoms with E-state index in [0.717, 1.165) is 21.6 Å². The number of aryl methyl sites for hydroxylation is 1. The molecule has 3 rings (SSSR count). The van der Waals surface area contributed by atoms with E-state index in [2.05, 4.69) is 0 Å². The minimum absolute atomic E-state index is 0.0894. The van der Waals surface area contributed by atoms with E-state index in [1.807, 2.05) is 50.2 Å². The van der Waals surface area contributed by atoms with Crippen LogP contribution in [-0.4, -0.2) is 17.6 Å². The van der Waals surface area contributed by atoms with Gasteiger partial charge in [0.05, 0.1) is 11.3 Å². The van der Waals surface area contributed by atoms with Gasteiger partial charge in [-0.1, -0.05) is 30.3 Å². The number of carbonyl (C=O) groups excluding carboxylic acids is 3. The summed E-state index contributed by atoms with van der Waals surface area (Å²) in [6.45, 7) is 6.56. The molecular formula is C21H19NO3. The number of Topliss-reactive ketones (excluding diaryl/α,β-unsaturated/α-hetero) is 1. The molecule has 0 aliphatic carbocycles. The predicted molar refractivity (Wildman–Crippen MR) is 98.3 cm³/mol. The van der Waals surface area contributed by atoms with Gasteiger partial charge in [0.25, 0.3) is 5.91 Å². The summed E-state index contributed by atoms with van der Waals surface area (Å²) >= 11 is 0. The molecule has 0 radical (unpaired) electrons. The molecule has 0 unspecified atom stereocenters. The van der Waals surface area contributed by atoms with Gasteiger partial charge >= 0.3 is 0 Å². The largest absolute Gasteiger partial charge is 0.294 e. The topological polar surface area (TPSA) is 54.5 Å². The Balaban J connectivity index is 2.32. The highest BCUT2D eigenvalue weighted by atomic mass is 16.2. The number of ketones is 1. The van der Waals surface area contributed by atoms with Crippen LogP contribution in [-0.2, 0) is 9.59 Å². The van der Waals surface area contributed by atoms with Crippen molar-refractivity contribution in [2.45, 2.75) is 27.7 Å². The number of rotatable bonds is 2. The average Bonchev–Trinajstić information content (AvgIpc) is 2.85. The Morgan fingerprint density at radius 1 is 0.960 bits per heavy atom. The molecule has 25 heavy (non-hydrogen) atoms. The third kappa shape index (κ3) is 2.70. The molecule has 2 aromatic carbocycles. The predicted octanol–water partition coefficient (Wildman–Crippen LogP) is 4.02. The minimum atomic E-state index is -0.361. The van der Waals surface area contributed by atoms with E-state index in [1.165, 1.54) is 13.8 Å². The smallest absolute Gasteiger partial charge is 0.266 e. The molecule has 126 valence electrons. The second-order valence-electron chi connectivity index (χ2n) is 6.27. The van der Waals surface area contributed by atoms with Gasteiger partial charge in [-0.3, -0.25) is 14.4 Å². The number of imide groups is 1. The van der Waals surface area contributed by atoms with E-state index in [4.69, 9.17) is 0 Å². The van der Waals surface area contributed by atoms with Gasteiger partial charge in [0, 0.05) is 18.1 Å². The molecule has 1 aliphatic heterocycles. The zero-order valence-corrected chi connectivity index (χ0v) is 14.7. The summed E-state index contributed by atoms with van der Waals surface area (Å²) in [6.07, 6.45) is 0. The van der Waals surface area contributed by atoms with Crippen LogP contribution < -0.4 is 4.90 Å². The van der Waals surface area contributed by atoms with Gasteiger partial charge in [-0.15, -0.1) is 0 Å². The number of hydrogen-bond donors (Lipinski definition) is 0. The first-order valence-electron chi connectivity index (χ1n) is 8.10. The van der Waals surface area contributed by atoms with E-state index >= 15 is 0 Å². The Labute approximate surface area is 146 Å². The summed E-state index contributed by atoms with van der Waals surface area (Å²) in [5, 5.41) is 0. The first-order valence-corrected chi connectivity index (χ1v) is 8.10. The van der Waals surface area contributed by atoms with E-state index < -0.39 is 0 Å². The molecule has 1 aliphatic rings. The van der Waals surface area contributed by atoms with Crippen LogP contribution in [0.1, 0.15) is 47.8 Å². The van der Waals surface area contributed by atoms with Crippen molar-refractivity contribution in [2.24, 2.45) is 0 Å². The van der Waals surface area contributed by atoms with Gasteiger partial charge < -0.3 is 0 Å². The van der Waals surface area contributed by atoms with Gasteiger partial charge in [0.1, 0.15) is 0 Å². The van der Waals surface area contributed by atoms with Crippen molar-refractivity contribution in [3.63, 3.8) is 0 Å². The van der Waals surface area contributed by atoms with Gasteiger partial charge in [-0.25, -0.2) is 4.90 Å². The normalized spacial score (nSPS) is 15.2. The summed E-state index contributed by atoms with van der Waals surface area (Å²) in [6, 6.07) is 13.1. The van der Waals surface area contributed by atoms with Gasteiger partial charge in [-0.05, 0) is 49.6 Å².